The van der Waals surface area contributed by atoms with Gasteiger partial charge < -0.3 is 9.47 Å². The van der Waals surface area contributed by atoms with Gasteiger partial charge in [-0.25, -0.2) is 0 Å². The lowest BCUT2D eigenvalue weighted by atomic mass is 10.0. The van der Waals surface area contributed by atoms with Gasteiger partial charge in [-0.1, -0.05) is 24.3 Å². The van der Waals surface area contributed by atoms with E-state index in [9.17, 15) is 4.79 Å². The lowest BCUT2D eigenvalue weighted by Gasteiger charge is -2.05. The predicted molar refractivity (Wildman–Crippen MR) is 69.4 cm³/mol. The third kappa shape index (κ3) is 2.51. The van der Waals surface area contributed by atoms with Crippen LogP contribution in [0.1, 0.15) is 15.9 Å². The second kappa shape index (κ2) is 5.36. The average Bonchev–Trinajstić information content (AvgIpc) is 2.46. The SMILES string of the molecule is COc1cccc(C(=O)c2cccc(OC)c2)c1. The summed E-state index contributed by atoms with van der Waals surface area (Å²) in [6.45, 7) is 0. The molecule has 0 aliphatic heterocycles. The van der Waals surface area contributed by atoms with Crippen LogP contribution in [-0.2, 0) is 0 Å². The van der Waals surface area contributed by atoms with E-state index >= 15 is 0 Å². The van der Waals surface area contributed by atoms with Crippen LogP contribution in [0.3, 0.4) is 0 Å². The highest BCUT2D eigenvalue weighted by Crippen LogP contribution is 2.19. The molecule has 2 rings (SSSR count). The van der Waals surface area contributed by atoms with Crippen LogP contribution >= 0.6 is 0 Å². The van der Waals surface area contributed by atoms with Gasteiger partial charge in [-0.3, -0.25) is 4.79 Å². The second-order valence-electron chi connectivity index (χ2n) is 3.79. The van der Waals surface area contributed by atoms with E-state index < -0.39 is 0 Å². The summed E-state index contributed by atoms with van der Waals surface area (Å²) in [5.74, 6) is 1.29. The van der Waals surface area contributed by atoms with Gasteiger partial charge in [0, 0.05) is 11.1 Å². The first kappa shape index (κ1) is 12.2. The van der Waals surface area contributed by atoms with Gasteiger partial charge in [0.25, 0.3) is 0 Å². The maximum Gasteiger partial charge on any atom is 0.193 e. The number of ketones is 1. The van der Waals surface area contributed by atoms with E-state index in [1.165, 1.54) is 0 Å². The molecule has 0 aromatic heterocycles. The molecule has 0 spiro atoms. The van der Waals surface area contributed by atoms with Crippen LogP contribution in [-0.4, -0.2) is 20.0 Å². The summed E-state index contributed by atoms with van der Waals surface area (Å²) in [6, 6.07) is 14.2. The summed E-state index contributed by atoms with van der Waals surface area (Å²) in [5.41, 5.74) is 1.20. The van der Waals surface area contributed by atoms with Crippen LogP contribution in [0.5, 0.6) is 11.5 Å². The van der Waals surface area contributed by atoms with E-state index in [0.717, 1.165) is 0 Å². The molecule has 0 aliphatic rings. The molecule has 2 aromatic rings. The van der Waals surface area contributed by atoms with Crippen molar-refractivity contribution in [3.63, 3.8) is 0 Å². The largest absolute Gasteiger partial charge is 0.497 e. The van der Waals surface area contributed by atoms with Crippen molar-refractivity contribution in [1.29, 1.82) is 0 Å². The highest BCUT2D eigenvalue weighted by molar-refractivity contribution is 6.09. The van der Waals surface area contributed by atoms with Gasteiger partial charge in [0.15, 0.2) is 5.78 Å². The van der Waals surface area contributed by atoms with Crippen molar-refractivity contribution in [2.75, 3.05) is 14.2 Å². The minimum absolute atomic E-state index is 0.0483. The fraction of sp³-hybridized carbons (Fsp3) is 0.133. The van der Waals surface area contributed by atoms with E-state index in [0.29, 0.717) is 22.6 Å². The molecule has 0 saturated carbocycles. The fourth-order valence-corrected chi connectivity index (χ4v) is 1.70. The van der Waals surface area contributed by atoms with Crippen molar-refractivity contribution >= 4 is 5.78 Å². The zero-order chi connectivity index (χ0) is 13.0. The lowest BCUT2D eigenvalue weighted by Crippen LogP contribution is -2.01. The summed E-state index contributed by atoms with van der Waals surface area (Å²) in [4.78, 5) is 12.3. The third-order valence-electron chi connectivity index (χ3n) is 2.66. The summed E-state index contributed by atoms with van der Waals surface area (Å²) in [5, 5.41) is 0. The first-order valence-corrected chi connectivity index (χ1v) is 5.57. The van der Waals surface area contributed by atoms with Crippen molar-refractivity contribution in [2.45, 2.75) is 0 Å². The number of methoxy groups -OCH3 is 2. The van der Waals surface area contributed by atoms with Crippen LogP contribution in [0.4, 0.5) is 0 Å². The Morgan fingerprint density at radius 2 is 1.28 bits per heavy atom. The van der Waals surface area contributed by atoms with E-state index in [4.69, 9.17) is 9.47 Å². The quantitative estimate of drug-likeness (QED) is 0.773. The number of hydrogen-bond donors (Lipinski definition) is 0. The number of benzene rings is 2. The smallest absolute Gasteiger partial charge is 0.193 e. The molecule has 18 heavy (non-hydrogen) atoms. The van der Waals surface area contributed by atoms with Gasteiger partial charge in [-0.05, 0) is 24.3 Å². The molecule has 92 valence electrons. The molecule has 2 aromatic carbocycles. The first-order chi connectivity index (χ1) is 8.74. The molecule has 3 nitrogen and oxygen atoms in total. The van der Waals surface area contributed by atoms with Crippen molar-refractivity contribution in [2.24, 2.45) is 0 Å². The fourth-order valence-electron chi connectivity index (χ4n) is 1.70. The standard InChI is InChI=1S/C15H14O3/c1-17-13-7-3-5-11(9-13)15(16)12-6-4-8-14(10-12)18-2/h3-10H,1-2H3. The number of ether oxygens (including phenoxy) is 2. The van der Waals surface area contributed by atoms with Crippen LogP contribution in [0.25, 0.3) is 0 Å². The normalized spacial score (nSPS) is 9.89. The Morgan fingerprint density at radius 3 is 1.67 bits per heavy atom. The molecule has 0 atom stereocenters. The van der Waals surface area contributed by atoms with E-state index in [-0.39, 0.29) is 5.78 Å². The van der Waals surface area contributed by atoms with Gasteiger partial charge >= 0.3 is 0 Å². The number of hydrogen-bond acceptors (Lipinski definition) is 3. The summed E-state index contributed by atoms with van der Waals surface area (Å²) < 4.78 is 10.2. The molecule has 0 amide bonds. The average molecular weight is 242 g/mol. The minimum Gasteiger partial charge on any atom is -0.497 e. The predicted octanol–water partition coefficient (Wildman–Crippen LogP) is 2.93. The van der Waals surface area contributed by atoms with Crippen molar-refractivity contribution < 1.29 is 14.3 Å². The zero-order valence-electron chi connectivity index (χ0n) is 10.3. The lowest BCUT2D eigenvalue weighted by molar-refractivity contribution is 0.103. The van der Waals surface area contributed by atoms with E-state index in [1.54, 1.807) is 50.6 Å². The van der Waals surface area contributed by atoms with Crippen molar-refractivity contribution in [3.05, 3.63) is 59.7 Å². The molecular formula is C15H14O3. The van der Waals surface area contributed by atoms with Gasteiger partial charge in [-0.15, -0.1) is 0 Å². The number of carbonyl (C=O) groups is 1. The van der Waals surface area contributed by atoms with Crippen LogP contribution in [0, 0.1) is 0 Å². The first-order valence-electron chi connectivity index (χ1n) is 5.57. The van der Waals surface area contributed by atoms with Crippen molar-refractivity contribution in [3.8, 4) is 11.5 Å². The zero-order valence-corrected chi connectivity index (χ0v) is 10.3. The molecule has 0 aliphatic carbocycles. The van der Waals surface area contributed by atoms with Gasteiger partial charge in [0.2, 0.25) is 0 Å². The van der Waals surface area contributed by atoms with Crippen LogP contribution < -0.4 is 9.47 Å². The Balaban J connectivity index is 2.34. The third-order valence-corrected chi connectivity index (χ3v) is 2.66. The topological polar surface area (TPSA) is 35.5 Å². The second-order valence-corrected chi connectivity index (χ2v) is 3.79. The molecule has 0 radical (unpaired) electrons. The molecule has 0 unspecified atom stereocenters. The summed E-state index contributed by atoms with van der Waals surface area (Å²) in [6.07, 6.45) is 0. The Labute approximate surface area is 106 Å². The Morgan fingerprint density at radius 1 is 0.833 bits per heavy atom. The molecule has 3 heteroatoms. The van der Waals surface area contributed by atoms with Crippen LogP contribution in [0.15, 0.2) is 48.5 Å². The minimum atomic E-state index is -0.0483. The van der Waals surface area contributed by atoms with Gasteiger partial charge in [0.1, 0.15) is 11.5 Å². The van der Waals surface area contributed by atoms with E-state index in [1.807, 2.05) is 12.1 Å². The molecule has 0 bridgehead atoms. The molecular weight excluding hydrogens is 228 g/mol. The molecule has 0 N–H and O–H groups in total. The summed E-state index contributed by atoms with van der Waals surface area (Å²) >= 11 is 0. The Kier molecular flexibility index (Phi) is 3.63. The summed E-state index contributed by atoms with van der Waals surface area (Å²) in [7, 11) is 3.16. The Hall–Kier alpha value is -2.29. The maximum absolute atomic E-state index is 12.3. The molecule has 0 heterocycles. The monoisotopic (exact) mass is 242 g/mol. The number of carbonyl (C=O) groups excluding carboxylic acids is 1. The maximum atomic E-state index is 12.3. The van der Waals surface area contributed by atoms with Crippen molar-refractivity contribution in [1.82, 2.24) is 0 Å². The molecule has 0 saturated heterocycles. The Bertz CT molecular complexity index is 512. The van der Waals surface area contributed by atoms with Crippen LogP contribution in [0.2, 0.25) is 0 Å². The van der Waals surface area contributed by atoms with Gasteiger partial charge in [-0.2, -0.15) is 0 Å². The van der Waals surface area contributed by atoms with E-state index in [2.05, 4.69) is 0 Å². The highest BCUT2D eigenvalue weighted by Gasteiger charge is 2.10. The van der Waals surface area contributed by atoms with Gasteiger partial charge in [0.05, 0.1) is 14.2 Å². The molecule has 0 fully saturated rings. The number of rotatable bonds is 4. The highest BCUT2D eigenvalue weighted by atomic mass is 16.5.